The Morgan fingerprint density at radius 3 is 2.46 bits per heavy atom. The maximum absolute atomic E-state index is 14.0. The Morgan fingerprint density at radius 1 is 0.976 bits per heavy atom. The molecule has 6 rings (SSSR count). The summed E-state index contributed by atoms with van der Waals surface area (Å²) in [5, 5.41) is 5.23. The molecule has 3 aromatic heterocycles. The molecule has 0 bridgehead atoms. The Kier molecular flexibility index (Phi) is 7.10. The largest absolute Gasteiger partial charge is 0.464 e. The summed E-state index contributed by atoms with van der Waals surface area (Å²) in [5.74, 6) is -0.0615. The molecular formula is C28H29F3N8O2. The Bertz CT molecular complexity index is 1520. The van der Waals surface area contributed by atoms with Crippen LogP contribution in [0.2, 0.25) is 0 Å². The van der Waals surface area contributed by atoms with Gasteiger partial charge in [-0.3, -0.25) is 9.48 Å². The molecular weight excluding hydrogens is 537 g/mol. The van der Waals surface area contributed by atoms with Gasteiger partial charge in [0.15, 0.2) is 5.65 Å². The molecule has 1 saturated heterocycles. The molecule has 0 spiro atoms. The lowest BCUT2D eigenvalue weighted by Crippen LogP contribution is -2.50. The highest BCUT2D eigenvalue weighted by Gasteiger charge is 2.37. The third-order valence-corrected chi connectivity index (χ3v) is 7.54. The number of halogens is 3. The Labute approximate surface area is 234 Å². The molecule has 1 amide bonds. The lowest BCUT2D eigenvalue weighted by Gasteiger charge is -2.40. The Hall–Kier alpha value is -4.42. The fourth-order valence-electron chi connectivity index (χ4n) is 5.54. The first kappa shape index (κ1) is 26.8. The highest BCUT2D eigenvalue weighted by molar-refractivity contribution is 5.78. The summed E-state index contributed by atoms with van der Waals surface area (Å²) in [6, 6.07) is 6.74. The molecule has 214 valence electrons. The van der Waals surface area contributed by atoms with Gasteiger partial charge in [0.1, 0.15) is 6.54 Å². The van der Waals surface area contributed by atoms with Gasteiger partial charge in [-0.15, -0.1) is 0 Å². The first-order chi connectivity index (χ1) is 19.8. The number of carbonyl (C=O) groups is 1. The molecule has 0 N–H and O–H groups in total. The van der Waals surface area contributed by atoms with E-state index >= 15 is 0 Å². The summed E-state index contributed by atoms with van der Waals surface area (Å²) in [6.45, 7) is 5.04. The van der Waals surface area contributed by atoms with Gasteiger partial charge >= 0.3 is 12.2 Å². The van der Waals surface area contributed by atoms with E-state index in [2.05, 4.69) is 25.0 Å². The minimum absolute atomic E-state index is 0.0615. The molecule has 0 unspecified atom stereocenters. The zero-order chi connectivity index (χ0) is 28.6. The number of amides is 1. The highest BCUT2D eigenvalue weighted by atomic mass is 19.4. The van der Waals surface area contributed by atoms with Gasteiger partial charge in [0.2, 0.25) is 5.91 Å². The lowest BCUT2D eigenvalue weighted by molar-refractivity contribution is -0.138. The summed E-state index contributed by atoms with van der Waals surface area (Å²) in [6.07, 6.45) is 2.54. The normalized spacial score (nSPS) is 15.8. The van der Waals surface area contributed by atoms with Crippen LogP contribution in [-0.2, 0) is 30.5 Å². The van der Waals surface area contributed by atoms with E-state index in [4.69, 9.17) is 4.74 Å². The van der Waals surface area contributed by atoms with Crippen LogP contribution in [0.25, 0.3) is 11.0 Å². The van der Waals surface area contributed by atoms with E-state index in [1.807, 2.05) is 24.0 Å². The topological polar surface area (TPSA) is 92.5 Å². The second-order valence-corrected chi connectivity index (χ2v) is 10.0. The van der Waals surface area contributed by atoms with Gasteiger partial charge in [-0.05, 0) is 48.7 Å². The van der Waals surface area contributed by atoms with Crippen LogP contribution in [0.15, 0.2) is 49.1 Å². The van der Waals surface area contributed by atoms with Crippen LogP contribution in [0.3, 0.4) is 0 Å². The van der Waals surface area contributed by atoms with Crippen molar-refractivity contribution in [3.05, 3.63) is 65.7 Å². The molecule has 2 aliphatic rings. The van der Waals surface area contributed by atoms with E-state index in [1.54, 1.807) is 40.4 Å². The minimum Gasteiger partial charge on any atom is -0.464 e. The van der Waals surface area contributed by atoms with Crippen LogP contribution in [0.4, 0.5) is 24.5 Å². The maximum atomic E-state index is 14.0. The van der Waals surface area contributed by atoms with E-state index in [9.17, 15) is 18.0 Å². The van der Waals surface area contributed by atoms with E-state index in [1.165, 1.54) is 6.07 Å². The van der Waals surface area contributed by atoms with Crippen LogP contribution in [0, 0.1) is 0 Å². The monoisotopic (exact) mass is 566 g/mol. The number of aromatic nitrogens is 5. The van der Waals surface area contributed by atoms with Crippen molar-refractivity contribution in [1.29, 1.82) is 0 Å². The zero-order valence-corrected chi connectivity index (χ0v) is 22.5. The molecule has 0 saturated carbocycles. The molecule has 0 aliphatic carbocycles. The standard InChI is InChI=1S/C28H29F3N8O2/c1-2-41-27-33-14-20(15-34-27)38-9-7-21-22(17-38)24(6-5-23(21)28(29,30)31)36-10-12-37(13-11-36)25(40)18-39-16-19-4-3-8-32-26(19)35-39/h3-6,8,14-16H,2,7,9-13,17-18H2,1H3. The van der Waals surface area contributed by atoms with Crippen LogP contribution in [0.5, 0.6) is 6.01 Å². The van der Waals surface area contributed by atoms with E-state index < -0.39 is 11.7 Å². The van der Waals surface area contributed by atoms with Gasteiger partial charge in [0, 0.05) is 62.7 Å². The van der Waals surface area contributed by atoms with Gasteiger partial charge in [-0.2, -0.15) is 18.3 Å². The zero-order valence-electron chi connectivity index (χ0n) is 22.5. The molecule has 0 atom stereocenters. The van der Waals surface area contributed by atoms with Gasteiger partial charge in [0.25, 0.3) is 0 Å². The number of anilines is 2. The van der Waals surface area contributed by atoms with Crippen LogP contribution in [-0.4, -0.2) is 74.9 Å². The first-order valence-electron chi connectivity index (χ1n) is 13.5. The quantitative estimate of drug-likeness (QED) is 0.350. The van der Waals surface area contributed by atoms with Crippen molar-refractivity contribution in [2.75, 3.05) is 49.1 Å². The molecule has 41 heavy (non-hydrogen) atoms. The number of fused-ring (bicyclic) bond motifs is 2. The minimum atomic E-state index is -4.44. The number of ether oxygens (including phenoxy) is 1. The summed E-state index contributed by atoms with van der Waals surface area (Å²) in [4.78, 5) is 31.5. The molecule has 10 nitrogen and oxygen atoms in total. The lowest BCUT2D eigenvalue weighted by atomic mass is 9.91. The molecule has 5 heterocycles. The van der Waals surface area contributed by atoms with Crippen molar-refractivity contribution in [3.63, 3.8) is 0 Å². The van der Waals surface area contributed by atoms with Crippen molar-refractivity contribution < 1.29 is 22.7 Å². The van der Waals surface area contributed by atoms with Gasteiger partial charge in [0.05, 0.1) is 30.3 Å². The van der Waals surface area contributed by atoms with E-state index in [0.29, 0.717) is 62.6 Å². The molecule has 1 aromatic carbocycles. The third-order valence-electron chi connectivity index (χ3n) is 7.54. The summed E-state index contributed by atoms with van der Waals surface area (Å²) in [5.41, 5.74) is 2.46. The van der Waals surface area contributed by atoms with Crippen molar-refractivity contribution in [2.45, 2.75) is 32.6 Å². The number of nitrogens with zero attached hydrogens (tertiary/aromatic N) is 8. The van der Waals surface area contributed by atoms with Gasteiger partial charge < -0.3 is 19.4 Å². The molecule has 4 aromatic rings. The predicted molar refractivity (Wildman–Crippen MR) is 146 cm³/mol. The van der Waals surface area contributed by atoms with E-state index in [0.717, 1.165) is 16.8 Å². The fraction of sp³-hybridized carbons (Fsp3) is 0.393. The fourth-order valence-corrected chi connectivity index (χ4v) is 5.54. The third kappa shape index (κ3) is 5.48. The van der Waals surface area contributed by atoms with E-state index in [-0.39, 0.29) is 24.9 Å². The molecule has 0 radical (unpaired) electrons. The molecule has 13 heteroatoms. The SMILES string of the molecule is CCOc1ncc(N2CCc3c(C(F)(F)F)ccc(N4CCN(C(=O)Cn5cc6cccnc6n5)CC4)c3C2)cn1. The number of carbonyl (C=O) groups excluding carboxylic acids is 1. The smallest absolute Gasteiger partial charge is 0.416 e. The highest BCUT2D eigenvalue weighted by Crippen LogP contribution is 2.40. The van der Waals surface area contributed by atoms with Crippen molar-refractivity contribution in [1.82, 2.24) is 29.6 Å². The second kappa shape index (κ2) is 10.9. The van der Waals surface area contributed by atoms with Crippen molar-refractivity contribution in [3.8, 4) is 6.01 Å². The first-order valence-corrected chi connectivity index (χ1v) is 13.5. The van der Waals surface area contributed by atoms with Crippen LogP contribution >= 0.6 is 0 Å². The average Bonchev–Trinajstić information content (AvgIpc) is 3.39. The molecule has 2 aliphatic heterocycles. The van der Waals surface area contributed by atoms with Crippen LogP contribution < -0.4 is 14.5 Å². The van der Waals surface area contributed by atoms with Crippen molar-refractivity contribution >= 4 is 28.3 Å². The number of pyridine rings is 1. The Balaban J connectivity index is 1.19. The predicted octanol–water partition coefficient (Wildman–Crippen LogP) is 3.55. The number of benzene rings is 1. The number of rotatable bonds is 6. The number of alkyl halides is 3. The second-order valence-electron chi connectivity index (χ2n) is 10.0. The van der Waals surface area contributed by atoms with Gasteiger partial charge in [-0.25, -0.2) is 15.0 Å². The number of piperazine rings is 1. The summed E-state index contributed by atoms with van der Waals surface area (Å²) >= 11 is 0. The number of hydrogen-bond acceptors (Lipinski definition) is 8. The summed E-state index contributed by atoms with van der Waals surface area (Å²) in [7, 11) is 0. The number of hydrogen-bond donors (Lipinski definition) is 0. The Morgan fingerprint density at radius 2 is 1.76 bits per heavy atom. The van der Waals surface area contributed by atoms with Crippen LogP contribution in [0.1, 0.15) is 23.6 Å². The summed E-state index contributed by atoms with van der Waals surface area (Å²) < 4.78 is 48.8. The van der Waals surface area contributed by atoms with Crippen molar-refractivity contribution in [2.24, 2.45) is 0 Å². The average molecular weight is 567 g/mol. The molecule has 1 fully saturated rings. The van der Waals surface area contributed by atoms with Gasteiger partial charge in [-0.1, -0.05) is 0 Å². The maximum Gasteiger partial charge on any atom is 0.416 e.